The Kier molecular flexibility index (Phi) is 8.20. The average molecular weight is 422 g/mol. The first kappa shape index (κ1) is 25.7. The van der Waals surface area contributed by atoms with Crippen molar-refractivity contribution in [2.45, 2.75) is 118 Å². The van der Waals surface area contributed by atoms with Gasteiger partial charge in [-0.05, 0) is 94.9 Å². The van der Waals surface area contributed by atoms with Crippen LogP contribution in [0.2, 0.25) is 0 Å². The van der Waals surface area contributed by atoms with Crippen LogP contribution in [0.25, 0.3) is 0 Å². The molecule has 2 aromatic rings. The molecular formula is C30H47N. The van der Waals surface area contributed by atoms with Crippen LogP contribution in [0.1, 0.15) is 144 Å². The SMILES string of the molecule is CCc1c(C(C)C)cc(Cc2cc(C(C)C)c(C(C)(C)N)c(C(C)C)c2)cc1C(C)C. The summed E-state index contributed by atoms with van der Waals surface area (Å²) in [5.74, 6) is 2.00. The zero-order valence-electron chi connectivity index (χ0n) is 22.1. The molecule has 0 saturated carbocycles. The van der Waals surface area contributed by atoms with Gasteiger partial charge in [0.2, 0.25) is 0 Å². The predicted molar refractivity (Wildman–Crippen MR) is 139 cm³/mol. The Morgan fingerprint density at radius 1 is 0.645 bits per heavy atom. The first-order valence-corrected chi connectivity index (χ1v) is 12.4. The van der Waals surface area contributed by atoms with Crippen molar-refractivity contribution in [2.75, 3.05) is 0 Å². The molecule has 2 N–H and O–H groups in total. The summed E-state index contributed by atoms with van der Waals surface area (Å²) in [5.41, 5.74) is 18.0. The summed E-state index contributed by atoms with van der Waals surface area (Å²) in [7, 11) is 0. The number of rotatable bonds is 8. The van der Waals surface area contributed by atoms with Gasteiger partial charge >= 0.3 is 0 Å². The molecule has 0 aromatic heterocycles. The van der Waals surface area contributed by atoms with E-state index >= 15 is 0 Å². The molecule has 0 heterocycles. The summed E-state index contributed by atoms with van der Waals surface area (Å²) in [5, 5.41) is 0. The number of hydrogen-bond donors (Lipinski definition) is 1. The van der Waals surface area contributed by atoms with Crippen LogP contribution >= 0.6 is 0 Å². The summed E-state index contributed by atoms with van der Waals surface area (Å²) >= 11 is 0. The number of benzene rings is 2. The number of nitrogens with two attached hydrogens (primary N) is 1. The van der Waals surface area contributed by atoms with E-state index in [1.54, 1.807) is 5.56 Å². The molecule has 0 fully saturated rings. The fourth-order valence-electron chi connectivity index (χ4n) is 5.07. The number of hydrogen-bond acceptors (Lipinski definition) is 1. The van der Waals surface area contributed by atoms with E-state index in [2.05, 4.69) is 100 Å². The molecule has 0 radical (unpaired) electrons. The van der Waals surface area contributed by atoms with Crippen molar-refractivity contribution in [1.29, 1.82) is 0 Å². The highest BCUT2D eigenvalue weighted by molar-refractivity contribution is 5.49. The third-order valence-electron chi connectivity index (χ3n) is 6.53. The molecule has 2 rings (SSSR count). The fraction of sp³-hybridized carbons (Fsp3) is 0.600. The summed E-state index contributed by atoms with van der Waals surface area (Å²) in [4.78, 5) is 0. The van der Waals surface area contributed by atoms with Gasteiger partial charge in [-0.3, -0.25) is 0 Å². The second kappa shape index (κ2) is 9.90. The van der Waals surface area contributed by atoms with E-state index in [9.17, 15) is 0 Å². The van der Waals surface area contributed by atoms with E-state index in [4.69, 9.17) is 5.73 Å². The molecular weight excluding hydrogens is 374 g/mol. The van der Waals surface area contributed by atoms with Crippen molar-refractivity contribution in [3.05, 3.63) is 68.8 Å². The van der Waals surface area contributed by atoms with Crippen molar-refractivity contribution in [3.8, 4) is 0 Å². The van der Waals surface area contributed by atoms with E-state index in [-0.39, 0.29) is 5.54 Å². The Hall–Kier alpha value is -1.60. The second-order valence-corrected chi connectivity index (χ2v) is 11.3. The average Bonchev–Trinajstić information content (AvgIpc) is 2.65. The highest BCUT2D eigenvalue weighted by atomic mass is 14.7. The molecule has 0 bridgehead atoms. The van der Waals surface area contributed by atoms with Gasteiger partial charge in [0, 0.05) is 5.54 Å². The van der Waals surface area contributed by atoms with Crippen molar-refractivity contribution in [3.63, 3.8) is 0 Å². The zero-order chi connectivity index (χ0) is 23.7. The standard InChI is InChI=1S/C30H47N/c1-12-24-25(18(2)3)14-22(15-26(24)19(4)5)13-23-16-27(20(6)7)29(30(10,11)31)28(17-23)21(8)9/h14-21H,12-13,31H2,1-11H3. The molecule has 0 atom stereocenters. The van der Waals surface area contributed by atoms with E-state index in [1.807, 2.05) is 0 Å². The summed E-state index contributed by atoms with van der Waals surface area (Å²) in [6.07, 6.45) is 2.09. The van der Waals surface area contributed by atoms with Crippen LogP contribution in [0.5, 0.6) is 0 Å². The van der Waals surface area contributed by atoms with Crippen LogP contribution < -0.4 is 5.73 Å². The van der Waals surface area contributed by atoms with Crippen molar-refractivity contribution >= 4 is 0 Å². The molecule has 0 aliphatic heterocycles. The summed E-state index contributed by atoms with van der Waals surface area (Å²) in [6.45, 7) is 25.1. The molecule has 2 aromatic carbocycles. The van der Waals surface area contributed by atoms with Crippen molar-refractivity contribution < 1.29 is 0 Å². The first-order chi connectivity index (χ1) is 14.3. The van der Waals surface area contributed by atoms with Gasteiger partial charge in [-0.15, -0.1) is 0 Å². The third kappa shape index (κ3) is 5.80. The van der Waals surface area contributed by atoms with E-state index < -0.39 is 0 Å². The Morgan fingerprint density at radius 3 is 1.23 bits per heavy atom. The minimum absolute atomic E-state index is 0.337. The molecule has 0 spiro atoms. The Balaban J connectivity index is 2.69. The van der Waals surface area contributed by atoms with E-state index in [0.29, 0.717) is 23.7 Å². The zero-order valence-corrected chi connectivity index (χ0v) is 22.1. The third-order valence-corrected chi connectivity index (χ3v) is 6.53. The predicted octanol–water partition coefficient (Wildman–Crippen LogP) is 8.53. The van der Waals surface area contributed by atoms with Crippen LogP contribution in [0, 0.1) is 0 Å². The smallest absolute Gasteiger partial charge is 0.0358 e. The molecule has 1 nitrogen and oxygen atoms in total. The molecule has 1 heteroatoms. The highest BCUT2D eigenvalue weighted by Crippen LogP contribution is 2.37. The Morgan fingerprint density at radius 2 is 0.968 bits per heavy atom. The minimum atomic E-state index is -0.337. The lowest BCUT2D eigenvalue weighted by Crippen LogP contribution is -2.32. The van der Waals surface area contributed by atoms with Gasteiger partial charge in [-0.1, -0.05) is 86.6 Å². The van der Waals surface area contributed by atoms with Crippen LogP contribution in [-0.4, -0.2) is 0 Å². The van der Waals surface area contributed by atoms with Gasteiger partial charge < -0.3 is 5.73 Å². The first-order valence-electron chi connectivity index (χ1n) is 12.4. The van der Waals surface area contributed by atoms with Gasteiger partial charge in [0.25, 0.3) is 0 Å². The Bertz CT molecular complexity index is 833. The molecule has 172 valence electrons. The molecule has 0 saturated heterocycles. The topological polar surface area (TPSA) is 26.0 Å². The van der Waals surface area contributed by atoms with Gasteiger partial charge in [0.15, 0.2) is 0 Å². The highest BCUT2D eigenvalue weighted by Gasteiger charge is 2.26. The normalized spacial score (nSPS) is 12.6. The van der Waals surface area contributed by atoms with Gasteiger partial charge in [-0.25, -0.2) is 0 Å². The second-order valence-electron chi connectivity index (χ2n) is 11.3. The van der Waals surface area contributed by atoms with Crippen LogP contribution in [0.4, 0.5) is 0 Å². The molecule has 0 unspecified atom stereocenters. The molecule has 0 aliphatic carbocycles. The molecule has 0 aliphatic rings. The maximum Gasteiger partial charge on any atom is 0.0358 e. The monoisotopic (exact) mass is 421 g/mol. The fourth-order valence-corrected chi connectivity index (χ4v) is 5.07. The maximum atomic E-state index is 6.67. The molecule has 31 heavy (non-hydrogen) atoms. The minimum Gasteiger partial charge on any atom is -0.322 e. The lowest BCUT2D eigenvalue weighted by Gasteiger charge is -2.30. The van der Waals surface area contributed by atoms with Crippen molar-refractivity contribution in [1.82, 2.24) is 0 Å². The maximum absolute atomic E-state index is 6.67. The van der Waals surface area contributed by atoms with Crippen molar-refractivity contribution in [2.24, 2.45) is 5.73 Å². The largest absolute Gasteiger partial charge is 0.322 e. The summed E-state index contributed by atoms with van der Waals surface area (Å²) in [6, 6.07) is 9.80. The lowest BCUT2D eigenvalue weighted by atomic mass is 9.78. The Labute approximate surface area is 192 Å². The van der Waals surface area contributed by atoms with Crippen LogP contribution in [-0.2, 0) is 18.4 Å². The molecule has 0 amide bonds. The summed E-state index contributed by atoms with van der Waals surface area (Å²) < 4.78 is 0. The lowest BCUT2D eigenvalue weighted by molar-refractivity contribution is 0.532. The quantitative estimate of drug-likeness (QED) is 0.454. The van der Waals surface area contributed by atoms with Crippen LogP contribution in [0.3, 0.4) is 0 Å². The van der Waals surface area contributed by atoms with Crippen LogP contribution in [0.15, 0.2) is 24.3 Å². The van der Waals surface area contributed by atoms with Gasteiger partial charge in [0.05, 0.1) is 0 Å². The van der Waals surface area contributed by atoms with Gasteiger partial charge in [-0.2, -0.15) is 0 Å². The van der Waals surface area contributed by atoms with Gasteiger partial charge in [0.1, 0.15) is 0 Å². The van der Waals surface area contributed by atoms with E-state index in [1.165, 1.54) is 38.9 Å². The van der Waals surface area contributed by atoms with E-state index in [0.717, 1.165) is 12.8 Å².